The lowest BCUT2D eigenvalue weighted by Crippen LogP contribution is -2.24. The van der Waals surface area contributed by atoms with Crippen molar-refractivity contribution in [3.63, 3.8) is 0 Å². The predicted octanol–water partition coefficient (Wildman–Crippen LogP) is 5.20. The van der Waals surface area contributed by atoms with Crippen molar-refractivity contribution in [2.45, 2.75) is 68.6 Å². The number of sulfone groups is 1. The lowest BCUT2D eigenvalue weighted by Gasteiger charge is -2.19. The number of hydrogen-bond acceptors (Lipinski definition) is 4. The second-order valence-corrected chi connectivity index (χ2v) is 9.88. The zero-order chi connectivity index (χ0) is 21.4. The number of nitrogens with zero attached hydrogens (tertiary/aromatic N) is 1. The minimum Gasteiger partial charge on any atom is -0.376 e. The highest BCUT2D eigenvalue weighted by molar-refractivity contribution is 7.92. The summed E-state index contributed by atoms with van der Waals surface area (Å²) in [6.45, 7) is 5.44. The SMILES string of the molecule is Cc1cc(-c2ccc(S(=O)(=O)[C@H]3CC[C@H](OC(C)C)C3)c(C(F)(F)F)c2)ccn1. The molecule has 158 valence electrons. The summed E-state index contributed by atoms with van der Waals surface area (Å²) in [6, 6.07) is 6.68. The summed E-state index contributed by atoms with van der Waals surface area (Å²) >= 11 is 0. The van der Waals surface area contributed by atoms with E-state index in [9.17, 15) is 21.6 Å². The smallest absolute Gasteiger partial charge is 0.376 e. The molecule has 0 amide bonds. The molecule has 1 fully saturated rings. The van der Waals surface area contributed by atoms with Crippen molar-refractivity contribution in [3.05, 3.63) is 47.8 Å². The van der Waals surface area contributed by atoms with E-state index < -0.39 is 31.7 Å². The Morgan fingerprint density at radius 1 is 1.10 bits per heavy atom. The highest BCUT2D eigenvalue weighted by atomic mass is 32.2. The molecule has 4 nitrogen and oxygen atoms in total. The Kier molecular flexibility index (Phi) is 6.06. The van der Waals surface area contributed by atoms with Crippen LogP contribution in [0.5, 0.6) is 0 Å². The standard InChI is InChI=1S/C21H24F3NO3S/c1-13(2)28-17-5-6-18(12-17)29(26,27)20-7-4-15(11-19(20)21(22,23)24)16-8-9-25-14(3)10-16/h4,7-11,13,17-18H,5-6,12H2,1-3H3/t17-,18-/m0/s1. The van der Waals surface area contributed by atoms with Gasteiger partial charge in [0, 0.05) is 11.9 Å². The summed E-state index contributed by atoms with van der Waals surface area (Å²) in [5.74, 6) is 0. The Morgan fingerprint density at radius 2 is 1.79 bits per heavy atom. The van der Waals surface area contributed by atoms with E-state index >= 15 is 0 Å². The van der Waals surface area contributed by atoms with Crippen LogP contribution in [0.1, 0.15) is 44.4 Å². The molecule has 8 heteroatoms. The summed E-state index contributed by atoms with van der Waals surface area (Å²) in [4.78, 5) is 3.39. The highest BCUT2D eigenvalue weighted by Crippen LogP contribution is 2.40. The van der Waals surface area contributed by atoms with Crippen molar-refractivity contribution >= 4 is 9.84 Å². The predicted molar refractivity (Wildman–Crippen MR) is 104 cm³/mol. The first-order chi connectivity index (χ1) is 13.5. The number of alkyl halides is 3. The maximum absolute atomic E-state index is 13.8. The van der Waals surface area contributed by atoms with Crippen LogP contribution in [0.15, 0.2) is 41.4 Å². The minimum absolute atomic E-state index is 0.0599. The van der Waals surface area contributed by atoms with Gasteiger partial charge in [-0.05, 0) is 75.4 Å². The maximum atomic E-state index is 13.8. The van der Waals surface area contributed by atoms with E-state index in [4.69, 9.17) is 4.74 Å². The number of ether oxygens (including phenoxy) is 1. The largest absolute Gasteiger partial charge is 0.417 e. The summed E-state index contributed by atoms with van der Waals surface area (Å²) in [7, 11) is -4.14. The van der Waals surface area contributed by atoms with E-state index in [0.717, 1.165) is 12.1 Å². The summed E-state index contributed by atoms with van der Waals surface area (Å²) < 4.78 is 73.2. The van der Waals surface area contributed by atoms with Gasteiger partial charge in [0.25, 0.3) is 0 Å². The molecule has 3 rings (SSSR count). The molecule has 0 aliphatic heterocycles. The monoisotopic (exact) mass is 427 g/mol. The van der Waals surface area contributed by atoms with Gasteiger partial charge in [-0.25, -0.2) is 8.42 Å². The Bertz CT molecular complexity index is 987. The van der Waals surface area contributed by atoms with Crippen LogP contribution in [0.2, 0.25) is 0 Å². The van der Waals surface area contributed by atoms with Crippen LogP contribution in [0.4, 0.5) is 13.2 Å². The number of hydrogen-bond donors (Lipinski definition) is 0. The molecule has 0 saturated heterocycles. The average molecular weight is 427 g/mol. The molecule has 1 heterocycles. The highest BCUT2D eigenvalue weighted by Gasteiger charge is 2.42. The first-order valence-electron chi connectivity index (χ1n) is 9.52. The molecule has 1 saturated carbocycles. The van der Waals surface area contributed by atoms with Gasteiger partial charge in [-0.1, -0.05) is 6.07 Å². The minimum atomic E-state index is -4.78. The topological polar surface area (TPSA) is 56.3 Å². The van der Waals surface area contributed by atoms with Crippen LogP contribution in [0.3, 0.4) is 0 Å². The number of benzene rings is 1. The molecule has 2 aromatic rings. The van der Waals surface area contributed by atoms with Crippen LogP contribution in [-0.4, -0.2) is 30.9 Å². The van der Waals surface area contributed by atoms with E-state index in [1.165, 1.54) is 12.3 Å². The summed E-state index contributed by atoms with van der Waals surface area (Å²) in [5.41, 5.74) is 0.389. The third-order valence-corrected chi connectivity index (χ3v) is 7.34. The number of pyridine rings is 1. The second-order valence-electron chi connectivity index (χ2n) is 7.68. The molecule has 0 unspecified atom stereocenters. The van der Waals surface area contributed by atoms with Crippen molar-refractivity contribution in [3.8, 4) is 11.1 Å². The number of rotatable bonds is 5. The lowest BCUT2D eigenvalue weighted by molar-refractivity contribution is -0.139. The second kappa shape index (κ2) is 8.07. The van der Waals surface area contributed by atoms with E-state index in [2.05, 4.69) is 4.98 Å². The number of aromatic nitrogens is 1. The van der Waals surface area contributed by atoms with Crippen LogP contribution >= 0.6 is 0 Å². The zero-order valence-corrected chi connectivity index (χ0v) is 17.3. The van der Waals surface area contributed by atoms with Crippen molar-refractivity contribution in [1.82, 2.24) is 4.98 Å². The third kappa shape index (κ3) is 4.80. The molecule has 1 aromatic heterocycles. The number of aryl methyl sites for hydroxylation is 1. The summed E-state index contributed by atoms with van der Waals surface area (Å²) in [6.07, 6.45) is -2.55. The van der Waals surface area contributed by atoms with Gasteiger partial charge in [-0.15, -0.1) is 0 Å². The van der Waals surface area contributed by atoms with Gasteiger partial charge < -0.3 is 4.74 Å². The fourth-order valence-corrected chi connectivity index (χ4v) is 5.79. The summed E-state index contributed by atoms with van der Waals surface area (Å²) in [5, 5.41) is -0.874. The fourth-order valence-electron chi connectivity index (χ4n) is 3.77. The Labute approximate surface area is 169 Å². The molecule has 0 bridgehead atoms. The lowest BCUT2D eigenvalue weighted by atomic mass is 10.0. The van der Waals surface area contributed by atoms with Crippen molar-refractivity contribution in [2.75, 3.05) is 0 Å². The molecule has 1 aromatic carbocycles. The van der Waals surface area contributed by atoms with E-state index in [0.29, 0.717) is 29.7 Å². The van der Waals surface area contributed by atoms with Gasteiger partial charge in [-0.2, -0.15) is 13.2 Å². The number of halogens is 3. The average Bonchev–Trinajstić information content (AvgIpc) is 3.09. The van der Waals surface area contributed by atoms with Gasteiger partial charge in [0.1, 0.15) is 0 Å². The molecule has 0 spiro atoms. The van der Waals surface area contributed by atoms with Crippen molar-refractivity contribution in [1.29, 1.82) is 0 Å². The van der Waals surface area contributed by atoms with Crippen LogP contribution in [0.25, 0.3) is 11.1 Å². The molecular weight excluding hydrogens is 403 g/mol. The fraction of sp³-hybridized carbons (Fsp3) is 0.476. The molecule has 29 heavy (non-hydrogen) atoms. The Hall–Kier alpha value is -1.93. The van der Waals surface area contributed by atoms with E-state index in [1.807, 2.05) is 13.8 Å². The van der Waals surface area contributed by atoms with Gasteiger partial charge >= 0.3 is 6.18 Å². The van der Waals surface area contributed by atoms with Crippen molar-refractivity contribution < 1.29 is 26.3 Å². The van der Waals surface area contributed by atoms with Gasteiger partial charge in [-0.3, -0.25) is 4.98 Å². The first-order valence-corrected chi connectivity index (χ1v) is 11.1. The molecule has 1 aliphatic carbocycles. The van der Waals surface area contributed by atoms with E-state index in [-0.39, 0.29) is 18.6 Å². The van der Waals surface area contributed by atoms with Crippen LogP contribution < -0.4 is 0 Å². The first kappa shape index (κ1) is 21.8. The normalized spacial score (nSPS) is 20.4. The van der Waals surface area contributed by atoms with Crippen LogP contribution in [-0.2, 0) is 20.8 Å². The molecular formula is C21H24F3NO3S. The molecule has 1 aliphatic rings. The van der Waals surface area contributed by atoms with Gasteiger partial charge in [0.2, 0.25) is 0 Å². The van der Waals surface area contributed by atoms with Gasteiger partial charge in [0.15, 0.2) is 9.84 Å². The third-order valence-electron chi connectivity index (χ3n) is 5.06. The quantitative estimate of drug-likeness (QED) is 0.659. The molecule has 2 atom stereocenters. The maximum Gasteiger partial charge on any atom is 0.417 e. The van der Waals surface area contributed by atoms with Crippen LogP contribution in [0, 0.1) is 6.92 Å². The molecule has 0 radical (unpaired) electrons. The van der Waals surface area contributed by atoms with Crippen molar-refractivity contribution in [2.24, 2.45) is 0 Å². The Morgan fingerprint density at radius 3 is 2.41 bits per heavy atom. The zero-order valence-electron chi connectivity index (χ0n) is 16.5. The Balaban J connectivity index is 2.00. The van der Waals surface area contributed by atoms with Gasteiger partial charge in [0.05, 0.1) is 27.9 Å². The molecule has 0 N–H and O–H groups in total. The van der Waals surface area contributed by atoms with E-state index in [1.54, 1.807) is 19.1 Å².